The van der Waals surface area contributed by atoms with Crippen LogP contribution in [0.25, 0.3) is 0 Å². The van der Waals surface area contributed by atoms with Crippen LogP contribution in [0.5, 0.6) is 0 Å². The van der Waals surface area contributed by atoms with E-state index in [4.69, 9.17) is 21.1 Å². The number of esters is 2. The standard InChI is InChI=1S/C18H22ClN3O5S/c1-6-26-17(24)13-9(3)14(18(25)27-7-2)28-16(13)21-15(23)11(5)22-10(4)12(19)8-20-22/h8,11H,6-7H2,1-5H3,(H,21,23). The zero-order valence-corrected chi connectivity index (χ0v) is 17.9. The highest BCUT2D eigenvalue weighted by Gasteiger charge is 2.29. The molecule has 28 heavy (non-hydrogen) atoms. The second-order valence-electron chi connectivity index (χ2n) is 5.89. The second kappa shape index (κ2) is 9.20. The average molecular weight is 428 g/mol. The Kier molecular flexibility index (Phi) is 7.20. The molecule has 2 rings (SSSR count). The van der Waals surface area contributed by atoms with Crippen molar-refractivity contribution in [2.45, 2.75) is 40.7 Å². The van der Waals surface area contributed by atoms with Crippen molar-refractivity contribution >= 4 is 45.8 Å². The summed E-state index contributed by atoms with van der Waals surface area (Å²) in [7, 11) is 0. The number of ether oxygens (including phenoxy) is 2. The van der Waals surface area contributed by atoms with E-state index in [1.807, 2.05) is 0 Å². The number of nitrogens with zero attached hydrogens (tertiary/aromatic N) is 2. The number of rotatable bonds is 7. The predicted molar refractivity (Wildman–Crippen MR) is 106 cm³/mol. The molecule has 2 aromatic heterocycles. The lowest BCUT2D eigenvalue weighted by molar-refractivity contribution is -0.119. The summed E-state index contributed by atoms with van der Waals surface area (Å²) in [5.74, 6) is -1.59. The quantitative estimate of drug-likeness (QED) is 0.675. The van der Waals surface area contributed by atoms with Gasteiger partial charge in [-0.1, -0.05) is 11.6 Å². The van der Waals surface area contributed by atoms with Crippen LogP contribution in [-0.4, -0.2) is 40.8 Å². The Morgan fingerprint density at radius 3 is 2.36 bits per heavy atom. The normalized spacial score (nSPS) is 11.8. The molecule has 2 heterocycles. The van der Waals surface area contributed by atoms with E-state index in [1.165, 1.54) is 10.9 Å². The predicted octanol–water partition coefficient (Wildman–Crippen LogP) is 3.77. The fourth-order valence-electron chi connectivity index (χ4n) is 2.56. The monoisotopic (exact) mass is 427 g/mol. The minimum atomic E-state index is -0.684. The minimum absolute atomic E-state index is 0.144. The molecule has 0 aliphatic heterocycles. The molecular formula is C18H22ClN3O5S. The zero-order chi connectivity index (χ0) is 21.0. The highest BCUT2D eigenvalue weighted by molar-refractivity contribution is 7.18. The fraction of sp³-hybridized carbons (Fsp3) is 0.444. The summed E-state index contributed by atoms with van der Waals surface area (Å²) in [4.78, 5) is 37.6. The highest BCUT2D eigenvalue weighted by Crippen LogP contribution is 2.35. The maximum Gasteiger partial charge on any atom is 0.348 e. The smallest absolute Gasteiger partial charge is 0.348 e. The van der Waals surface area contributed by atoms with Gasteiger partial charge < -0.3 is 14.8 Å². The molecule has 0 spiro atoms. The molecule has 8 nitrogen and oxygen atoms in total. The van der Waals surface area contributed by atoms with Gasteiger partial charge in [0.2, 0.25) is 5.91 Å². The number of aromatic nitrogens is 2. The lowest BCUT2D eigenvalue weighted by atomic mass is 10.1. The van der Waals surface area contributed by atoms with Gasteiger partial charge in [0.1, 0.15) is 15.9 Å². The largest absolute Gasteiger partial charge is 0.462 e. The SMILES string of the molecule is CCOC(=O)c1sc(NC(=O)C(C)n2ncc(Cl)c2C)c(C(=O)OCC)c1C. The van der Waals surface area contributed by atoms with E-state index in [-0.39, 0.29) is 28.7 Å². The van der Waals surface area contributed by atoms with Crippen LogP contribution in [0, 0.1) is 13.8 Å². The first kappa shape index (κ1) is 21.9. The van der Waals surface area contributed by atoms with Crippen LogP contribution >= 0.6 is 22.9 Å². The molecule has 152 valence electrons. The Morgan fingerprint density at radius 2 is 1.82 bits per heavy atom. The van der Waals surface area contributed by atoms with Crippen molar-refractivity contribution in [2.24, 2.45) is 0 Å². The van der Waals surface area contributed by atoms with Gasteiger partial charge in [-0.25, -0.2) is 9.59 Å². The van der Waals surface area contributed by atoms with E-state index < -0.39 is 23.9 Å². The summed E-state index contributed by atoms with van der Waals surface area (Å²) in [6, 6.07) is -0.684. The summed E-state index contributed by atoms with van der Waals surface area (Å²) >= 11 is 6.98. The first-order valence-electron chi connectivity index (χ1n) is 8.70. The van der Waals surface area contributed by atoms with Crippen LogP contribution < -0.4 is 5.32 Å². The van der Waals surface area contributed by atoms with Gasteiger partial charge in [-0.2, -0.15) is 5.10 Å². The Morgan fingerprint density at radius 1 is 1.21 bits per heavy atom. The third-order valence-corrected chi connectivity index (χ3v) is 5.61. The van der Waals surface area contributed by atoms with Gasteiger partial charge in [-0.05, 0) is 40.2 Å². The number of hydrogen-bond acceptors (Lipinski definition) is 7. The van der Waals surface area contributed by atoms with Crippen LogP contribution in [0.15, 0.2) is 6.20 Å². The first-order valence-corrected chi connectivity index (χ1v) is 9.90. The summed E-state index contributed by atoms with van der Waals surface area (Å²) in [6.07, 6.45) is 1.46. The highest BCUT2D eigenvalue weighted by atomic mass is 35.5. The number of thiophene rings is 1. The van der Waals surface area contributed by atoms with Crippen molar-refractivity contribution in [3.8, 4) is 0 Å². The van der Waals surface area contributed by atoms with Crippen LogP contribution in [0.4, 0.5) is 5.00 Å². The van der Waals surface area contributed by atoms with E-state index in [2.05, 4.69) is 10.4 Å². The van der Waals surface area contributed by atoms with Crippen LogP contribution in [0.1, 0.15) is 58.1 Å². The first-order chi connectivity index (χ1) is 13.2. The van der Waals surface area contributed by atoms with E-state index in [9.17, 15) is 14.4 Å². The molecule has 0 aliphatic rings. The number of amides is 1. The molecule has 1 amide bonds. The van der Waals surface area contributed by atoms with Gasteiger partial charge in [0, 0.05) is 0 Å². The van der Waals surface area contributed by atoms with Crippen molar-refractivity contribution in [1.82, 2.24) is 9.78 Å². The molecule has 1 unspecified atom stereocenters. The number of anilines is 1. The van der Waals surface area contributed by atoms with Gasteiger partial charge >= 0.3 is 11.9 Å². The average Bonchev–Trinajstić information content (AvgIpc) is 3.14. The lowest BCUT2D eigenvalue weighted by Gasteiger charge is -2.14. The molecule has 2 aromatic rings. The van der Waals surface area contributed by atoms with E-state index >= 15 is 0 Å². The number of nitrogens with one attached hydrogen (secondary N) is 1. The Balaban J connectivity index is 2.38. The molecule has 0 fully saturated rings. The number of carbonyl (C=O) groups is 3. The molecule has 0 aliphatic carbocycles. The van der Waals surface area contributed by atoms with Crippen LogP contribution in [0.3, 0.4) is 0 Å². The Labute approximate surface area is 171 Å². The van der Waals surface area contributed by atoms with E-state index in [1.54, 1.807) is 34.6 Å². The summed E-state index contributed by atoms with van der Waals surface area (Å²) < 4.78 is 11.6. The van der Waals surface area contributed by atoms with Gasteiger partial charge in [0.15, 0.2) is 0 Å². The molecule has 1 atom stereocenters. The molecule has 0 radical (unpaired) electrons. The Bertz CT molecular complexity index is 905. The lowest BCUT2D eigenvalue weighted by Crippen LogP contribution is -2.25. The van der Waals surface area contributed by atoms with Gasteiger partial charge in [-0.3, -0.25) is 9.48 Å². The molecule has 0 bridgehead atoms. The summed E-state index contributed by atoms with van der Waals surface area (Å²) in [6.45, 7) is 8.75. The van der Waals surface area contributed by atoms with Crippen molar-refractivity contribution < 1.29 is 23.9 Å². The van der Waals surface area contributed by atoms with Crippen LogP contribution in [-0.2, 0) is 14.3 Å². The van der Waals surface area contributed by atoms with Gasteiger partial charge in [0.05, 0.1) is 35.7 Å². The van der Waals surface area contributed by atoms with Crippen LogP contribution in [0.2, 0.25) is 5.02 Å². The molecule has 0 aromatic carbocycles. The Hall–Kier alpha value is -2.39. The molecule has 10 heteroatoms. The van der Waals surface area contributed by atoms with E-state index in [0.717, 1.165) is 11.3 Å². The zero-order valence-electron chi connectivity index (χ0n) is 16.3. The van der Waals surface area contributed by atoms with Crippen molar-refractivity contribution in [3.05, 3.63) is 32.9 Å². The fourth-order valence-corrected chi connectivity index (χ4v) is 3.78. The minimum Gasteiger partial charge on any atom is -0.462 e. The number of halogens is 1. The maximum absolute atomic E-state index is 12.7. The third-order valence-electron chi connectivity index (χ3n) is 4.05. The third kappa shape index (κ3) is 4.36. The molecule has 0 saturated carbocycles. The molecule has 1 N–H and O–H groups in total. The number of hydrogen-bond donors (Lipinski definition) is 1. The number of carbonyl (C=O) groups excluding carboxylic acids is 3. The molecule has 0 saturated heterocycles. The van der Waals surface area contributed by atoms with Crippen molar-refractivity contribution in [3.63, 3.8) is 0 Å². The van der Waals surface area contributed by atoms with Gasteiger partial charge in [-0.15, -0.1) is 11.3 Å². The molecular weight excluding hydrogens is 406 g/mol. The van der Waals surface area contributed by atoms with Crippen molar-refractivity contribution in [2.75, 3.05) is 18.5 Å². The summed E-state index contributed by atoms with van der Waals surface area (Å²) in [5, 5.41) is 7.49. The maximum atomic E-state index is 12.7. The van der Waals surface area contributed by atoms with Gasteiger partial charge in [0.25, 0.3) is 0 Å². The topological polar surface area (TPSA) is 99.5 Å². The van der Waals surface area contributed by atoms with E-state index in [0.29, 0.717) is 16.3 Å². The summed E-state index contributed by atoms with van der Waals surface area (Å²) in [5.41, 5.74) is 1.19. The second-order valence-corrected chi connectivity index (χ2v) is 7.32. The van der Waals surface area contributed by atoms with Crippen molar-refractivity contribution in [1.29, 1.82) is 0 Å².